The molecule has 16 heavy (non-hydrogen) atoms. The lowest BCUT2D eigenvalue weighted by molar-refractivity contribution is -0.0664. The van der Waals surface area contributed by atoms with Gasteiger partial charge in [-0.25, -0.2) is 8.78 Å². The summed E-state index contributed by atoms with van der Waals surface area (Å²) in [4.78, 5) is 3.49. The van der Waals surface area contributed by atoms with E-state index in [-0.39, 0.29) is 16.7 Å². The number of alkyl halides is 4. The van der Waals surface area contributed by atoms with Gasteiger partial charge in [0.25, 0.3) is 6.43 Å². The molecule has 0 atom stereocenters. The number of rotatable bonds is 3. The molecule has 0 aliphatic rings. The molecule has 0 N–H and O–H groups in total. The van der Waals surface area contributed by atoms with E-state index < -0.39 is 19.1 Å². The van der Waals surface area contributed by atoms with Crippen molar-refractivity contribution in [1.29, 1.82) is 0 Å². The summed E-state index contributed by atoms with van der Waals surface area (Å²) in [5.74, 6) is 0. The summed E-state index contributed by atoms with van der Waals surface area (Å²) in [6.45, 7) is -3.07. The van der Waals surface area contributed by atoms with Gasteiger partial charge in [0, 0.05) is 5.56 Å². The minimum absolute atomic E-state index is 0.0495. The second-order valence-corrected chi connectivity index (χ2v) is 2.89. The lowest BCUT2D eigenvalue weighted by Crippen LogP contribution is -2.01. The molecule has 7 heteroatoms. The maximum Gasteiger partial charge on any atom is 0.399 e. The van der Waals surface area contributed by atoms with Gasteiger partial charge < -0.3 is 9.15 Å². The molecule has 0 fully saturated rings. The van der Waals surface area contributed by atoms with E-state index in [0.717, 1.165) is 12.1 Å². The highest BCUT2D eigenvalue weighted by Crippen LogP contribution is 2.26. The summed E-state index contributed by atoms with van der Waals surface area (Å²) >= 11 is 0. The number of nitrogens with zero attached hydrogens (tertiary/aromatic N) is 1. The molecule has 0 unspecified atom stereocenters. The van der Waals surface area contributed by atoms with Crippen LogP contribution in [-0.2, 0) is 0 Å². The Balaban J connectivity index is 2.38. The Morgan fingerprint density at radius 2 is 1.94 bits per heavy atom. The molecule has 86 valence electrons. The zero-order valence-electron chi connectivity index (χ0n) is 7.66. The largest absolute Gasteiger partial charge is 0.409 e. The van der Waals surface area contributed by atoms with Crippen molar-refractivity contribution in [2.45, 2.75) is 13.0 Å². The van der Waals surface area contributed by atoms with Crippen LogP contribution in [0.25, 0.3) is 11.1 Å². The summed E-state index contributed by atoms with van der Waals surface area (Å²) in [5, 5.41) is 0. The highest BCUT2D eigenvalue weighted by atomic mass is 19.3. The number of oxazole rings is 1. The minimum Gasteiger partial charge on any atom is -0.409 e. The number of hydrogen-bond acceptors (Lipinski definition) is 3. The first kappa shape index (κ1) is 10.7. The van der Waals surface area contributed by atoms with E-state index in [4.69, 9.17) is 4.42 Å². The smallest absolute Gasteiger partial charge is 0.399 e. The van der Waals surface area contributed by atoms with Gasteiger partial charge in [0.15, 0.2) is 5.58 Å². The Labute approximate surface area is 86.6 Å². The van der Waals surface area contributed by atoms with Gasteiger partial charge in [0.1, 0.15) is 5.52 Å². The molecule has 2 aromatic rings. The fourth-order valence-corrected chi connectivity index (χ4v) is 1.19. The molecule has 0 spiro atoms. The lowest BCUT2D eigenvalue weighted by atomic mass is 10.2. The number of fused-ring (bicyclic) bond motifs is 1. The minimum atomic E-state index is -3.07. The van der Waals surface area contributed by atoms with E-state index in [1.165, 1.54) is 6.07 Å². The van der Waals surface area contributed by atoms with Gasteiger partial charge >= 0.3 is 12.7 Å². The fraction of sp³-hybridized carbons (Fsp3) is 0.222. The van der Waals surface area contributed by atoms with Crippen LogP contribution in [0.5, 0.6) is 6.08 Å². The molecule has 1 heterocycles. The summed E-state index contributed by atoms with van der Waals surface area (Å²) in [5.41, 5.74) is -0.0992. The van der Waals surface area contributed by atoms with Crippen LogP contribution in [0.15, 0.2) is 22.6 Å². The number of ether oxygens (including phenoxy) is 1. The van der Waals surface area contributed by atoms with Gasteiger partial charge in [-0.05, 0) is 18.2 Å². The topological polar surface area (TPSA) is 35.3 Å². The van der Waals surface area contributed by atoms with Crippen LogP contribution in [0.1, 0.15) is 12.0 Å². The van der Waals surface area contributed by atoms with E-state index in [1.807, 2.05) is 0 Å². The number of benzene rings is 1. The predicted octanol–water partition coefficient (Wildman–Crippen LogP) is 3.37. The molecule has 0 saturated carbocycles. The standard InChI is InChI=1S/C9H5F4NO2/c10-7(11)4-1-2-6-5(3-4)14-9(15-6)16-8(12)13/h1-3,7-8H. The van der Waals surface area contributed by atoms with Gasteiger partial charge in [-0.1, -0.05) is 0 Å². The first-order chi connectivity index (χ1) is 7.56. The van der Waals surface area contributed by atoms with E-state index in [0.29, 0.717) is 0 Å². The SMILES string of the molecule is FC(F)Oc1nc2cc(C(F)F)ccc2o1. The molecule has 3 nitrogen and oxygen atoms in total. The number of hydrogen-bond donors (Lipinski definition) is 0. The maximum atomic E-state index is 12.3. The highest BCUT2D eigenvalue weighted by Gasteiger charge is 2.14. The van der Waals surface area contributed by atoms with Crippen molar-refractivity contribution in [3.63, 3.8) is 0 Å². The number of halogens is 4. The fourth-order valence-electron chi connectivity index (χ4n) is 1.19. The van der Waals surface area contributed by atoms with Crippen molar-refractivity contribution in [2.24, 2.45) is 0 Å². The van der Waals surface area contributed by atoms with Gasteiger partial charge in [-0.15, -0.1) is 0 Å². The average molecular weight is 235 g/mol. The molecular formula is C9H5F4NO2. The Kier molecular flexibility index (Phi) is 2.67. The Hall–Kier alpha value is -1.79. The van der Waals surface area contributed by atoms with Crippen LogP contribution in [0.3, 0.4) is 0 Å². The predicted molar refractivity (Wildman–Crippen MR) is 45.6 cm³/mol. The summed E-state index contributed by atoms with van der Waals surface area (Å²) < 4.78 is 56.9. The van der Waals surface area contributed by atoms with Crippen LogP contribution >= 0.6 is 0 Å². The molecule has 2 rings (SSSR count). The molecule has 0 bridgehead atoms. The zero-order chi connectivity index (χ0) is 11.7. The summed E-state index contributed by atoms with van der Waals surface area (Å²) in [6, 6.07) is 3.41. The summed E-state index contributed by atoms with van der Waals surface area (Å²) in [7, 11) is 0. The molecule has 0 radical (unpaired) electrons. The van der Waals surface area contributed by atoms with Crippen molar-refractivity contribution in [2.75, 3.05) is 0 Å². The molecule has 0 aliphatic carbocycles. The van der Waals surface area contributed by atoms with E-state index >= 15 is 0 Å². The lowest BCUT2D eigenvalue weighted by Gasteiger charge is -1.96. The first-order valence-electron chi connectivity index (χ1n) is 4.19. The maximum absolute atomic E-state index is 12.3. The normalized spacial score (nSPS) is 11.6. The molecule has 1 aromatic carbocycles. The molecular weight excluding hydrogens is 230 g/mol. The van der Waals surface area contributed by atoms with Crippen molar-refractivity contribution < 1.29 is 26.7 Å². The quantitative estimate of drug-likeness (QED) is 0.765. The number of aromatic nitrogens is 1. The van der Waals surface area contributed by atoms with E-state index in [1.54, 1.807) is 0 Å². The van der Waals surface area contributed by atoms with Gasteiger partial charge in [-0.2, -0.15) is 13.8 Å². The molecule has 0 amide bonds. The van der Waals surface area contributed by atoms with Crippen molar-refractivity contribution in [3.8, 4) is 6.08 Å². The summed E-state index contributed by atoms with van der Waals surface area (Å²) in [6.07, 6.45) is -3.29. The van der Waals surface area contributed by atoms with Crippen LogP contribution in [0.4, 0.5) is 17.6 Å². The van der Waals surface area contributed by atoms with Gasteiger partial charge in [0.2, 0.25) is 0 Å². The van der Waals surface area contributed by atoms with E-state index in [2.05, 4.69) is 9.72 Å². The molecule has 1 aromatic heterocycles. The Bertz CT molecular complexity index is 497. The third kappa shape index (κ3) is 2.07. The van der Waals surface area contributed by atoms with Crippen LogP contribution in [0, 0.1) is 0 Å². The van der Waals surface area contributed by atoms with Crippen molar-refractivity contribution in [1.82, 2.24) is 4.98 Å². The second kappa shape index (κ2) is 3.99. The van der Waals surface area contributed by atoms with Crippen LogP contribution in [0.2, 0.25) is 0 Å². The van der Waals surface area contributed by atoms with Crippen molar-refractivity contribution >= 4 is 11.1 Å². The highest BCUT2D eigenvalue weighted by molar-refractivity contribution is 5.73. The van der Waals surface area contributed by atoms with Crippen molar-refractivity contribution in [3.05, 3.63) is 23.8 Å². The van der Waals surface area contributed by atoms with Crippen LogP contribution in [-0.4, -0.2) is 11.6 Å². The Morgan fingerprint density at radius 3 is 2.56 bits per heavy atom. The molecule has 0 saturated heterocycles. The zero-order valence-corrected chi connectivity index (χ0v) is 7.66. The van der Waals surface area contributed by atoms with Gasteiger partial charge in [-0.3, -0.25) is 0 Å². The second-order valence-electron chi connectivity index (χ2n) is 2.89. The van der Waals surface area contributed by atoms with E-state index in [9.17, 15) is 17.6 Å². The Morgan fingerprint density at radius 1 is 1.19 bits per heavy atom. The molecule has 0 aliphatic heterocycles. The first-order valence-corrected chi connectivity index (χ1v) is 4.19. The third-order valence-corrected chi connectivity index (χ3v) is 1.83. The van der Waals surface area contributed by atoms with Gasteiger partial charge in [0.05, 0.1) is 0 Å². The third-order valence-electron chi connectivity index (χ3n) is 1.83. The average Bonchev–Trinajstić information content (AvgIpc) is 2.56. The van der Waals surface area contributed by atoms with Crippen LogP contribution < -0.4 is 4.74 Å². The monoisotopic (exact) mass is 235 g/mol.